The lowest BCUT2D eigenvalue weighted by atomic mass is 10.0. The molecule has 0 fully saturated rings. The van der Waals surface area contributed by atoms with E-state index in [-0.39, 0.29) is 5.82 Å². The van der Waals surface area contributed by atoms with Crippen LogP contribution in [0.2, 0.25) is 5.02 Å². The minimum atomic E-state index is -0.386. The van der Waals surface area contributed by atoms with E-state index in [2.05, 4.69) is 22.0 Å². The van der Waals surface area contributed by atoms with Crippen LogP contribution in [0.3, 0.4) is 0 Å². The van der Waals surface area contributed by atoms with E-state index in [1.54, 1.807) is 30.3 Å². The summed E-state index contributed by atoms with van der Waals surface area (Å²) >= 11 is 9.46. The van der Waals surface area contributed by atoms with Gasteiger partial charge in [0.05, 0.1) is 28.2 Å². The quantitative estimate of drug-likeness (QED) is 0.544. The molecule has 0 unspecified atom stereocenters. The van der Waals surface area contributed by atoms with Gasteiger partial charge in [-0.15, -0.1) is 0 Å². The van der Waals surface area contributed by atoms with Gasteiger partial charge in [0.25, 0.3) is 0 Å². The fourth-order valence-corrected chi connectivity index (χ4v) is 2.92. The van der Waals surface area contributed by atoms with Crippen LogP contribution in [0.5, 0.6) is 5.75 Å². The van der Waals surface area contributed by atoms with Crippen molar-refractivity contribution in [1.82, 2.24) is 0 Å². The Morgan fingerprint density at radius 3 is 2.71 bits per heavy atom. The van der Waals surface area contributed by atoms with E-state index in [0.29, 0.717) is 31.9 Å². The van der Waals surface area contributed by atoms with Gasteiger partial charge < -0.3 is 4.74 Å². The molecule has 0 aliphatic carbocycles. The van der Waals surface area contributed by atoms with Crippen molar-refractivity contribution in [3.8, 4) is 11.8 Å². The highest BCUT2D eigenvalue weighted by atomic mass is 79.9. The van der Waals surface area contributed by atoms with Crippen LogP contribution in [-0.4, -0.2) is 7.11 Å². The van der Waals surface area contributed by atoms with Gasteiger partial charge in [-0.1, -0.05) is 23.7 Å². The third-order valence-electron chi connectivity index (χ3n) is 2.79. The Morgan fingerprint density at radius 2 is 2.14 bits per heavy atom. The highest BCUT2D eigenvalue weighted by molar-refractivity contribution is 9.10. The van der Waals surface area contributed by atoms with Gasteiger partial charge in [-0.05, 0) is 57.4 Å². The summed E-state index contributed by atoms with van der Waals surface area (Å²) < 4.78 is 19.1. The zero-order valence-corrected chi connectivity index (χ0v) is 13.4. The molecule has 0 aliphatic rings. The van der Waals surface area contributed by atoms with E-state index in [0.717, 1.165) is 0 Å². The van der Waals surface area contributed by atoms with Gasteiger partial charge in [0.2, 0.25) is 0 Å². The molecule has 5 heteroatoms. The molecule has 0 bridgehead atoms. The van der Waals surface area contributed by atoms with Gasteiger partial charge >= 0.3 is 0 Å². The third-order valence-corrected chi connectivity index (χ3v) is 3.66. The molecule has 0 aromatic heterocycles. The SMILES string of the molecule is COc1c(Cl)cc(/C=C(/C#N)c2cccc(F)c2)cc1Br. The normalized spacial score (nSPS) is 11.1. The van der Waals surface area contributed by atoms with Crippen molar-refractivity contribution < 1.29 is 9.13 Å². The lowest BCUT2D eigenvalue weighted by molar-refractivity contribution is 0.412. The molecule has 0 atom stereocenters. The molecule has 2 aromatic carbocycles. The number of hydrogen-bond donors (Lipinski definition) is 0. The van der Waals surface area contributed by atoms with Crippen LogP contribution in [0.15, 0.2) is 40.9 Å². The molecule has 0 amide bonds. The minimum Gasteiger partial charge on any atom is -0.494 e. The zero-order valence-electron chi connectivity index (χ0n) is 11.0. The van der Waals surface area contributed by atoms with E-state index in [9.17, 15) is 9.65 Å². The predicted molar refractivity (Wildman–Crippen MR) is 85.6 cm³/mol. The molecule has 106 valence electrons. The second-order valence-electron chi connectivity index (χ2n) is 4.20. The molecule has 0 N–H and O–H groups in total. The Kier molecular flexibility index (Phi) is 5.00. The van der Waals surface area contributed by atoms with Crippen molar-refractivity contribution in [1.29, 1.82) is 5.26 Å². The number of rotatable bonds is 3. The molecule has 0 heterocycles. The summed E-state index contributed by atoms with van der Waals surface area (Å²) in [6, 6.07) is 11.4. The summed E-state index contributed by atoms with van der Waals surface area (Å²) in [5, 5.41) is 9.69. The van der Waals surface area contributed by atoms with Crippen LogP contribution < -0.4 is 4.74 Å². The molecule has 2 rings (SSSR count). The van der Waals surface area contributed by atoms with Crippen LogP contribution in [0.4, 0.5) is 4.39 Å². The summed E-state index contributed by atoms with van der Waals surface area (Å²) in [5.41, 5.74) is 1.58. The summed E-state index contributed by atoms with van der Waals surface area (Å²) in [5.74, 6) is 0.140. The second kappa shape index (κ2) is 6.75. The first kappa shape index (κ1) is 15.6. The van der Waals surface area contributed by atoms with Crippen molar-refractivity contribution in [2.45, 2.75) is 0 Å². The molecule has 0 radical (unpaired) electrons. The van der Waals surface area contributed by atoms with Gasteiger partial charge in [0, 0.05) is 0 Å². The molecule has 2 aromatic rings. The standard InChI is InChI=1S/C16H10BrClFNO/c1-21-16-14(17)6-10(7-15(16)18)5-12(9-20)11-3-2-4-13(19)8-11/h2-8H,1H3/b12-5-. The number of methoxy groups -OCH3 is 1. The highest BCUT2D eigenvalue weighted by Gasteiger charge is 2.09. The molecule has 2 nitrogen and oxygen atoms in total. The molecule has 21 heavy (non-hydrogen) atoms. The minimum absolute atomic E-state index is 0.350. The summed E-state index contributed by atoms with van der Waals surface area (Å²) in [7, 11) is 1.52. The van der Waals surface area contributed by atoms with Crippen LogP contribution >= 0.6 is 27.5 Å². The fourth-order valence-electron chi connectivity index (χ4n) is 1.86. The number of benzene rings is 2. The molecule has 0 saturated heterocycles. The zero-order chi connectivity index (χ0) is 15.4. The van der Waals surface area contributed by atoms with Crippen LogP contribution in [0.25, 0.3) is 11.6 Å². The molecular formula is C16H10BrClFNO. The van der Waals surface area contributed by atoms with Gasteiger partial charge in [-0.3, -0.25) is 0 Å². The largest absolute Gasteiger partial charge is 0.494 e. The van der Waals surface area contributed by atoms with Crippen molar-refractivity contribution in [2.24, 2.45) is 0 Å². The van der Waals surface area contributed by atoms with E-state index in [1.165, 1.54) is 19.2 Å². The first-order chi connectivity index (χ1) is 10.0. The summed E-state index contributed by atoms with van der Waals surface area (Å²) in [6.07, 6.45) is 1.64. The summed E-state index contributed by atoms with van der Waals surface area (Å²) in [6.45, 7) is 0. The Morgan fingerprint density at radius 1 is 1.38 bits per heavy atom. The maximum absolute atomic E-state index is 13.2. The average Bonchev–Trinajstić information content (AvgIpc) is 2.44. The van der Waals surface area contributed by atoms with Crippen molar-refractivity contribution in [3.05, 3.63) is 62.8 Å². The second-order valence-corrected chi connectivity index (χ2v) is 5.46. The van der Waals surface area contributed by atoms with Gasteiger partial charge in [0.15, 0.2) is 5.75 Å². The van der Waals surface area contributed by atoms with Gasteiger partial charge in [0.1, 0.15) is 5.82 Å². The number of ether oxygens (including phenoxy) is 1. The maximum Gasteiger partial charge on any atom is 0.151 e. The molecular weight excluding hydrogens is 357 g/mol. The Labute approximate surface area is 135 Å². The molecule has 0 spiro atoms. The highest BCUT2D eigenvalue weighted by Crippen LogP contribution is 2.35. The molecule has 0 saturated carbocycles. The van der Waals surface area contributed by atoms with Crippen molar-refractivity contribution >= 4 is 39.2 Å². The lowest BCUT2D eigenvalue weighted by Gasteiger charge is -2.07. The van der Waals surface area contributed by atoms with E-state index >= 15 is 0 Å². The van der Waals surface area contributed by atoms with Crippen LogP contribution in [0, 0.1) is 17.1 Å². The first-order valence-electron chi connectivity index (χ1n) is 5.96. The van der Waals surface area contributed by atoms with Gasteiger partial charge in [-0.25, -0.2) is 4.39 Å². The average molecular weight is 367 g/mol. The molecule has 0 aliphatic heterocycles. The fraction of sp³-hybridized carbons (Fsp3) is 0.0625. The van der Waals surface area contributed by atoms with Crippen molar-refractivity contribution in [3.63, 3.8) is 0 Å². The monoisotopic (exact) mass is 365 g/mol. The predicted octanol–water partition coefficient (Wildman–Crippen LogP) is 5.31. The van der Waals surface area contributed by atoms with Crippen LogP contribution in [-0.2, 0) is 0 Å². The van der Waals surface area contributed by atoms with Gasteiger partial charge in [-0.2, -0.15) is 5.26 Å². The lowest BCUT2D eigenvalue weighted by Crippen LogP contribution is -1.88. The Bertz CT molecular complexity index is 729. The first-order valence-corrected chi connectivity index (χ1v) is 7.13. The summed E-state index contributed by atoms with van der Waals surface area (Å²) in [4.78, 5) is 0. The Balaban J connectivity index is 2.49. The van der Waals surface area contributed by atoms with E-state index in [1.807, 2.05) is 0 Å². The third kappa shape index (κ3) is 3.63. The van der Waals surface area contributed by atoms with Crippen molar-refractivity contribution in [2.75, 3.05) is 7.11 Å². The Hall–Kier alpha value is -1.83. The number of allylic oxidation sites excluding steroid dienone is 1. The van der Waals surface area contributed by atoms with E-state index < -0.39 is 0 Å². The number of nitrogens with zero attached hydrogens (tertiary/aromatic N) is 1. The number of hydrogen-bond acceptors (Lipinski definition) is 2. The number of nitriles is 1. The maximum atomic E-state index is 13.2. The topological polar surface area (TPSA) is 33.0 Å². The smallest absolute Gasteiger partial charge is 0.151 e. The number of halogens is 3. The van der Waals surface area contributed by atoms with E-state index in [4.69, 9.17) is 16.3 Å². The van der Waals surface area contributed by atoms with Crippen LogP contribution in [0.1, 0.15) is 11.1 Å².